The molecule has 19 heavy (non-hydrogen) atoms. The number of hydrogen-bond acceptors (Lipinski definition) is 5. The zero-order valence-electron chi connectivity index (χ0n) is 11.7. The van der Waals surface area contributed by atoms with Crippen molar-refractivity contribution in [1.82, 2.24) is 19.8 Å². The van der Waals surface area contributed by atoms with Crippen molar-refractivity contribution in [1.29, 1.82) is 0 Å². The average Bonchev–Trinajstić information content (AvgIpc) is 2.85. The van der Waals surface area contributed by atoms with E-state index in [9.17, 15) is 4.79 Å². The van der Waals surface area contributed by atoms with Crippen LogP contribution in [0.15, 0.2) is 0 Å². The van der Waals surface area contributed by atoms with Crippen LogP contribution in [0.1, 0.15) is 41.6 Å². The average molecular weight is 282 g/mol. The fourth-order valence-corrected chi connectivity index (χ4v) is 3.13. The van der Waals surface area contributed by atoms with Gasteiger partial charge >= 0.3 is 0 Å². The van der Waals surface area contributed by atoms with Gasteiger partial charge in [0.15, 0.2) is 0 Å². The Morgan fingerprint density at radius 1 is 1.58 bits per heavy atom. The molecule has 5 nitrogen and oxygen atoms in total. The fourth-order valence-electron chi connectivity index (χ4n) is 2.51. The molecule has 0 aliphatic carbocycles. The number of rotatable bonds is 5. The second-order valence-electron chi connectivity index (χ2n) is 5.15. The maximum atomic E-state index is 12.5. The zero-order valence-corrected chi connectivity index (χ0v) is 12.5. The summed E-state index contributed by atoms with van der Waals surface area (Å²) in [4.78, 5) is 15.2. The third-order valence-electron chi connectivity index (χ3n) is 3.50. The van der Waals surface area contributed by atoms with E-state index in [1.807, 2.05) is 11.8 Å². The molecule has 0 saturated carbocycles. The van der Waals surface area contributed by atoms with Crippen LogP contribution < -0.4 is 5.32 Å². The number of amides is 1. The van der Waals surface area contributed by atoms with Crippen molar-refractivity contribution in [2.75, 3.05) is 26.2 Å². The van der Waals surface area contributed by atoms with Crippen LogP contribution in [0.25, 0.3) is 0 Å². The molecule has 1 N–H and O–H groups in total. The smallest absolute Gasteiger partial charge is 0.267 e. The largest absolute Gasteiger partial charge is 0.338 e. The lowest BCUT2D eigenvalue weighted by Crippen LogP contribution is -2.41. The van der Waals surface area contributed by atoms with E-state index in [4.69, 9.17) is 0 Å². The highest BCUT2D eigenvalue weighted by molar-refractivity contribution is 7.07. The molecule has 0 aromatic carbocycles. The van der Waals surface area contributed by atoms with Crippen molar-refractivity contribution in [2.45, 2.75) is 33.1 Å². The van der Waals surface area contributed by atoms with Crippen LogP contribution in [0.2, 0.25) is 0 Å². The van der Waals surface area contributed by atoms with Crippen LogP contribution in [-0.4, -0.2) is 46.6 Å². The van der Waals surface area contributed by atoms with Gasteiger partial charge in [0.1, 0.15) is 4.88 Å². The molecule has 1 unspecified atom stereocenters. The van der Waals surface area contributed by atoms with Crippen molar-refractivity contribution in [2.24, 2.45) is 5.92 Å². The van der Waals surface area contributed by atoms with Gasteiger partial charge in [0.25, 0.3) is 5.91 Å². The lowest BCUT2D eigenvalue weighted by molar-refractivity contribution is 0.0722. The van der Waals surface area contributed by atoms with Gasteiger partial charge in [-0.2, -0.15) is 0 Å². The predicted octanol–water partition coefficient (Wildman–Crippen LogP) is 1.70. The van der Waals surface area contributed by atoms with E-state index in [0.29, 0.717) is 10.8 Å². The minimum atomic E-state index is 0.0972. The second-order valence-corrected chi connectivity index (χ2v) is 5.91. The summed E-state index contributed by atoms with van der Waals surface area (Å²) in [7, 11) is 0. The molecule has 2 heterocycles. The summed E-state index contributed by atoms with van der Waals surface area (Å²) in [5.41, 5.74) is 0.748. The van der Waals surface area contributed by atoms with Gasteiger partial charge in [-0.25, -0.2) is 0 Å². The lowest BCUT2D eigenvalue weighted by atomic mass is 9.99. The topological polar surface area (TPSA) is 58.1 Å². The summed E-state index contributed by atoms with van der Waals surface area (Å²) in [6.07, 6.45) is 3.40. The van der Waals surface area contributed by atoms with Crippen LogP contribution in [-0.2, 0) is 0 Å². The van der Waals surface area contributed by atoms with Crippen LogP contribution in [0, 0.1) is 12.8 Å². The van der Waals surface area contributed by atoms with E-state index in [1.54, 1.807) is 0 Å². The molecule has 1 aromatic heterocycles. The molecule has 2 rings (SSSR count). The summed E-state index contributed by atoms with van der Waals surface area (Å²) in [6, 6.07) is 0. The van der Waals surface area contributed by atoms with E-state index in [1.165, 1.54) is 24.4 Å². The van der Waals surface area contributed by atoms with Gasteiger partial charge in [-0.15, -0.1) is 5.10 Å². The van der Waals surface area contributed by atoms with Crippen molar-refractivity contribution in [3.8, 4) is 0 Å². The summed E-state index contributed by atoms with van der Waals surface area (Å²) >= 11 is 1.21. The van der Waals surface area contributed by atoms with Gasteiger partial charge in [-0.3, -0.25) is 4.79 Å². The molecule has 1 amide bonds. The standard InChI is InChI=1S/C13H22N4OS/c1-3-7-17(9-11-5-4-6-14-8-11)13(18)12-10(2)15-16-19-12/h11,14H,3-9H2,1-2H3. The van der Waals surface area contributed by atoms with Gasteiger partial charge in [0, 0.05) is 13.1 Å². The molecule has 0 bridgehead atoms. The maximum absolute atomic E-state index is 12.5. The normalized spacial score (nSPS) is 19.4. The fraction of sp³-hybridized carbons (Fsp3) is 0.769. The number of piperidine rings is 1. The Kier molecular flexibility index (Phi) is 5.27. The zero-order chi connectivity index (χ0) is 13.7. The Labute approximate surface area is 118 Å². The van der Waals surface area contributed by atoms with Crippen LogP contribution in [0.4, 0.5) is 0 Å². The first-order valence-corrected chi connectivity index (χ1v) is 7.78. The van der Waals surface area contributed by atoms with E-state index in [2.05, 4.69) is 21.8 Å². The first-order chi connectivity index (χ1) is 9.22. The second kappa shape index (κ2) is 6.96. The lowest BCUT2D eigenvalue weighted by Gasteiger charge is -2.29. The number of nitrogens with one attached hydrogen (secondary N) is 1. The number of aryl methyl sites for hydroxylation is 1. The Hall–Kier alpha value is -1.01. The minimum absolute atomic E-state index is 0.0972. The van der Waals surface area contributed by atoms with Crippen molar-refractivity contribution < 1.29 is 4.79 Å². The summed E-state index contributed by atoms with van der Waals surface area (Å²) in [5, 5.41) is 7.34. The predicted molar refractivity (Wildman–Crippen MR) is 76.4 cm³/mol. The van der Waals surface area contributed by atoms with Gasteiger partial charge < -0.3 is 10.2 Å². The van der Waals surface area contributed by atoms with Gasteiger partial charge in [0.05, 0.1) is 5.69 Å². The highest BCUT2D eigenvalue weighted by atomic mass is 32.1. The van der Waals surface area contributed by atoms with Crippen LogP contribution in [0.3, 0.4) is 0 Å². The summed E-state index contributed by atoms with van der Waals surface area (Å²) < 4.78 is 3.86. The van der Waals surface area contributed by atoms with E-state index in [0.717, 1.165) is 38.3 Å². The Morgan fingerprint density at radius 2 is 2.42 bits per heavy atom. The molecule has 0 spiro atoms. The number of carbonyl (C=O) groups is 1. The SMILES string of the molecule is CCCN(CC1CCCNC1)C(=O)c1snnc1C. The highest BCUT2D eigenvalue weighted by Gasteiger charge is 2.23. The minimum Gasteiger partial charge on any atom is -0.338 e. The molecule has 0 radical (unpaired) electrons. The molecular weight excluding hydrogens is 260 g/mol. The molecule has 106 valence electrons. The third kappa shape index (κ3) is 3.73. The molecule has 1 aliphatic rings. The highest BCUT2D eigenvalue weighted by Crippen LogP contribution is 2.17. The molecule has 1 saturated heterocycles. The number of aromatic nitrogens is 2. The molecule has 1 atom stereocenters. The summed E-state index contributed by atoms with van der Waals surface area (Å²) in [5.74, 6) is 0.672. The first kappa shape index (κ1) is 14.4. The van der Waals surface area contributed by atoms with Crippen LogP contribution >= 0.6 is 11.5 Å². The van der Waals surface area contributed by atoms with Gasteiger partial charge in [0.2, 0.25) is 0 Å². The Bertz CT molecular complexity index is 415. The van der Waals surface area contributed by atoms with Gasteiger partial charge in [-0.05, 0) is 56.7 Å². The number of carbonyl (C=O) groups excluding carboxylic acids is 1. The van der Waals surface area contributed by atoms with Crippen LogP contribution in [0.5, 0.6) is 0 Å². The first-order valence-electron chi connectivity index (χ1n) is 7.01. The molecule has 1 aliphatic heterocycles. The maximum Gasteiger partial charge on any atom is 0.267 e. The number of hydrogen-bond donors (Lipinski definition) is 1. The van der Waals surface area contributed by atoms with E-state index in [-0.39, 0.29) is 5.91 Å². The Balaban J connectivity index is 2.02. The molecule has 1 aromatic rings. The van der Waals surface area contributed by atoms with E-state index < -0.39 is 0 Å². The van der Waals surface area contributed by atoms with E-state index >= 15 is 0 Å². The monoisotopic (exact) mass is 282 g/mol. The number of nitrogens with zero attached hydrogens (tertiary/aromatic N) is 3. The van der Waals surface area contributed by atoms with Crippen molar-refractivity contribution in [3.63, 3.8) is 0 Å². The molecule has 6 heteroatoms. The van der Waals surface area contributed by atoms with Crippen molar-refractivity contribution in [3.05, 3.63) is 10.6 Å². The summed E-state index contributed by atoms with van der Waals surface area (Å²) in [6.45, 7) is 7.74. The van der Waals surface area contributed by atoms with Gasteiger partial charge in [-0.1, -0.05) is 11.4 Å². The third-order valence-corrected chi connectivity index (χ3v) is 4.32. The molecule has 1 fully saturated rings. The Morgan fingerprint density at radius 3 is 3.00 bits per heavy atom. The van der Waals surface area contributed by atoms with Crippen molar-refractivity contribution >= 4 is 17.4 Å². The molecular formula is C13H22N4OS. The quantitative estimate of drug-likeness (QED) is 0.893.